The van der Waals surface area contributed by atoms with Crippen LogP contribution in [-0.4, -0.2) is 31.1 Å². The summed E-state index contributed by atoms with van der Waals surface area (Å²) in [6.45, 7) is 0. The molecule has 0 bridgehead atoms. The van der Waals surface area contributed by atoms with Gasteiger partial charge in [-0.2, -0.15) is 0 Å². The molecule has 120 valence electrons. The van der Waals surface area contributed by atoms with E-state index in [1.165, 1.54) is 23.2 Å². The van der Waals surface area contributed by atoms with Gasteiger partial charge in [-0.15, -0.1) is 5.10 Å². The maximum absolute atomic E-state index is 14.2. The van der Waals surface area contributed by atoms with Crippen LogP contribution in [0.2, 0.25) is 0 Å². The minimum Gasteiger partial charge on any atom is -0.405 e. The molecular weight excluding hydrogens is 317 g/mol. The van der Waals surface area contributed by atoms with Gasteiger partial charge in [-0.1, -0.05) is 30.3 Å². The third-order valence-corrected chi connectivity index (χ3v) is 4.49. The van der Waals surface area contributed by atoms with Crippen molar-refractivity contribution in [2.75, 3.05) is 5.88 Å². The summed E-state index contributed by atoms with van der Waals surface area (Å²) in [5.74, 6) is 0.244. The number of allylic oxidation sites excluding steroid dienone is 1. The Labute approximate surface area is 135 Å². The van der Waals surface area contributed by atoms with Gasteiger partial charge in [0, 0.05) is 12.6 Å². The summed E-state index contributed by atoms with van der Waals surface area (Å²) in [6.07, 6.45) is 3.40. The zero-order valence-corrected chi connectivity index (χ0v) is 13.1. The van der Waals surface area contributed by atoms with Crippen molar-refractivity contribution in [3.8, 4) is 0 Å². The molecule has 0 spiro atoms. The predicted molar refractivity (Wildman–Crippen MR) is 86.2 cm³/mol. The fraction of sp³-hybridized carbons (Fsp3) is 0.267. The van der Waals surface area contributed by atoms with E-state index in [-0.39, 0.29) is 22.9 Å². The number of rotatable bonds is 5. The van der Waals surface area contributed by atoms with Gasteiger partial charge in [0.1, 0.15) is 16.7 Å². The molecule has 1 unspecified atom stereocenters. The van der Waals surface area contributed by atoms with Gasteiger partial charge in [0.05, 0.1) is 6.04 Å². The monoisotopic (exact) mass is 333 g/mol. The van der Waals surface area contributed by atoms with E-state index in [2.05, 4.69) is 15.1 Å². The van der Waals surface area contributed by atoms with Crippen molar-refractivity contribution in [1.82, 2.24) is 14.8 Å². The lowest BCUT2D eigenvalue weighted by Crippen LogP contribution is -2.08. The smallest absolute Gasteiger partial charge is 0.241 e. The number of alkyl halides is 1. The van der Waals surface area contributed by atoms with Gasteiger partial charge in [0.2, 0.25) is 5.16 Å². The average Bonchev–Trinajstić information content (AvgIpc) is 3.13. The molecular formula is C15H16FN5OS. The normalized spacial score (nSPS) is 22.0. The van der Waals surface area contributed by atoms with Crippen LogP contribution in [0.5, 0.6) is 0 Å². The van der Waals surface area contributed by atoms with E-state index < -0.39 is 17.0 Å². The molecule has 3 atom stereocenters. The molecule has 2 heterocycles. The summed E-state index contributed by atoms with van der Waals surface area (Å²) < 4.78 is 27.9. The number of hydrogen-bond donors (Lipinski definition) is 1. The van der Waals surface area contributed by atoms with Gasteiger partial charge in [0.25, 0.3) is 0 Å². The first-order valence-electron chi connectivity index (χ1n) is 7.11. The second-order valence-corrected chi connectivity index (χ2v) is 6.33. The molecule has 0 amide bonds. The molecule has 0 fully saturated rings. The fourth-order valence-electron chi connectivity index (χ4n) is 2.49. The number of fused-ring (bicyclic) bond motifs is 1. The summed E-state index contributed by atoms with van der Waals surface area (Å²) in [5.41, 5.74) is 6.13. The highest BCUT2D eigenvalue weighted by Crippen LogP contribution is 2.39. The Bertz CT molecular complexity index is 758. The van der Waals surface area contributed by atoms with Crippen molar-refractivity contribution in [2.24, 2.45) is 10.7 Å². The van der Waals surface area contributed by atoms with Crippen LogP contribution in [0.4, 0.5) is 4.39 Å². The van der Waals surface area contributed by atoms with Crippen LogP contribution < -0.4 is 5.73 Å². The van der Waals surface area contributed by atoms with E-state index in [0.717, 1.165) is 5.56 Å². The first-order chi connectivity index (χ1) is 11.2. The van der Waals surface area contributed by atoms with Gasteiger partial charge in [0.15, 0.2) is 12.0 Å². The highest BCUT2D eigenvalue weighted by atomic mass is 32.2. The van der Waals surface area contributed by atoms with E-state index in [4.69, 9.17) is 5.73 Å². The fourth-order valence-corrected chi connectivity index (χ4v) is 3.20. The Morgan fingerprint density at radius 1 is 1.43 bits per heavy atom. The Morgan fingerprint density at radius 3 is 2.96 bits per heavy atom. The number of benzene rings is 1. The molecule has 1 aliphatic heterocycles. The lowest BCUT2D eigenvalue weighted by molar-refractivity contribution is 0.327. The Hall–Kier alpha value is -2.35. The Balaban J connectivity index is 1.83. The van der Waals surface area contributed by atoms with Crippen LogP contribution in [-0.2, 0) is 10.8 Å². The molecule has 6 nitrogen and oxygen atoms in total. The summed E-state index contributed by atoms with van der Waals surface area (Å²) in [7, 11) is -1.51. The lowest BCUT2D eigenvalue weighted by Gasteiger charge is -2.11. The quantitative estimate of drug-likeness (QED) is 0.847. The van der Waals surface area contributed by atoms with Crippen LogP contribution in [0.15, 0.2) is 52.8 Å². The summed E-state index contributed by atoms with van der Waals surface area (Å²) in [6, 6.07) is 9.33. The van der Waals surface area contributed by atoms with Crippen molar-refractivity contribution >= 4 is 17.0 Å². The second kappa shape index (κ2) is 6.82. The number of nitrogens with zero attached hydrogens (tertiary/aromatic N) is 4. The van der Waals surface area contributed by atoms with E-state index in [1.54, 1.807) is 0 Å². The van der Waals surface area contributed by atoms with Crippen molar-refractivity contribution in [3.05, 3.63) is 54.0 Å². The van der Waals surface area contributed by atoms with Gasteiger partial charge >= 0.3 is 0 Å². The van der Waals surface area contributed by atoms with E-state index in [9.17, 15) is 8.60 Å². The maximum Gasteiger partial charge on any atom is 0.241 e. The zero-order valence-electron chi connectivity index (χ0n) is 12.2. The highest BCUT2D eigenvalue weighted by molar-refractivity contribution is 7.84. The van der Waals surface area contributed by atoms with Gasteiger partial charge in [-0.05, 0) is 17.8 Å². The number of nitrogens with two attached hydrogens (primary N) is 1. The SMILES string of the molecule is N/C=C\C=N\CS(=O)c1nc2n(n1)[C@H](c1ccccc1)C[C@@H]2F. The molecule has 2 aromatic rings. The molecule has 1 aromatic carbocycles. The summed E-state index contributed by atoms with van der Waals surface area (Å²) >= 11 is 0. The molecule has 3 rings (SSSR count). The van der Waals surface area contributed by atoms with Crippen LogP contribution in [0.25, 0.3) is 0 Å². The lowest BCUT2D eigenvalue weighted by atomic mass is 10.0. The van der Waals surface area contributed by atoms with Crippen molar-refractivity contribution < 1.29 is 8.60 Å². The minimum atomic E-state index is -1.51. The molecule has 2 N–H and O–H groups in total. The number of aliphatic imine (C=N–C) groups is 1. The average molecular weight is 333 g/mol. The molecule has 8 heteroatoms. The largest absolute Gasteiger partial charge is 0.405 e. The van der Waals surface area contributed by atoms with Gasteiger partial charge in [-0.3, -0.25) is 4.99 Å². The maximum atomic E-state index is 14.2. The van der Waals surface area contributed by atoms with E-state index >= 15 is 0 Å². The first kappa shape index (κ1) is 15.5. The molecule has 1 aliphatic rings. The standard InChI is InChI=1S/C15H16FN5OS/c16-12-9-13(11-5-2-1-3-6-11)21-14(12)19-15(20-21)23(22)10-18-8-4-7-17/h1-8,12-13H,9-10,17H2/b7-4-,18-8+/t12-,13-,23?/m0/s1. The van der Waals surface area contributed by atoms with E-state index in [0.29, 0.717) is 6.42 Å². The predicted octanol–water partition coefficient (Wildman–Crippen LogP) is 1.89. The number of aromatic nitrogens is 3. The van der Waals surface area contributed by atoms with Crippen molar-refractivity contribution in [2.45, 2.75) is 23.8 Å². The molecule has 0 radical (unpaired) electrons. The van der Waals surface area contributed by atoms with Crippen molar-refractivity contribution in [3.63, 3.8) is 0 Å². The molecule has 23 heavy (non-hydrogen) atoms. The number of hydrogen-bond acceptors (Lipinski definition) is 5. The molecule has 0 aliphatic carbocycles. The Morgan fingerprint density at radius 2 is 2.22 bits per heavy atom. The molecule has 0 saturated carbocycles. The first-order valence-corrected chi connectivity index (χ1v) is 8.43. The Kier molecular flexibility index (Phi) is 4.61. The van der Waals surface area contributed by atoms with Crippen LogP contribution in [0.1, 0.15) is 30.0 Å². The topological polar surface area (TPSA) is 86.2 Å². The van der Waals surface area contributed by atoms with Gasteiger partial charge < -0.3 is 5.73 Å². The van der Waals surface area contributed by atoms with Gasteiger partial charge in [-0.25, -0.2) is 18.3 Å². The molecule has 0 saturated heterocycles. The van der Waals surface area contributed by atoms with Crippen molar-refractivity contribution in [1.29, 1.82) is 0 Å². The van der Waals surface area contributed by atoms with Crippen LogP contribution >= 0.6 is 0 Å². The van der Waals surface area contributed by atoms with E-state index in [1.807, 2.05) is 30.3 Å². The zero-order chi connectivity index (χ0) is 16.2. The summed E-state index contributed by atoms with van der Waals surface area (Å²) in [4.78, 5) is 8.05. The van der Waals surface area contributed by atoms with Crippen LogP contribution in [0, 0.1) is 0 Å². The second-order valence-electron chi connectivity index (χ2n) is 5.02. The minimum absolute atomic E-state index is 0.0146. The summed E-state index contributed by atoms with van der Waals surface area (Å²) in [5, 5.41) is 4.36. The van der Waals surface area contributed by atoms with Crippen LogP contribution in [0.3, 0.4) is 0 Å². The number of halogens is 1. The molecule has 1 aromatic heterocycles. The third-order valence-electron chi connectivity index (χ3n) is 3.53. The highest BCUT2D eigenvalue weighted by Gasteiger charge is 2.36. The third kappa shape index (κ3) is 3.21.